The van der Waals surface area contributed by atoms with E-state index in [2.05, 4.69) is 39.6 Å². The highest BCUT2D eigenvalue weighted by molar-refractivity contribution is 7.16. The molecule has 2 heteroatoms. The Morgan fingerprint density at radius 2 is 1.73 bits per heavy atom. The first-order valence-corrected chi connectivity index (χ1v) is 4.76. The van der Waals surface area contributed by atoms with Crippen molar-refractivity contribution in [3.8, 4) is 0 Å². The summed E-state index contributed by atoms with van der Waals surface area (Å²) in [6.45, 7) is 0. The van der Waals surface area contributed by atoms with Crippen LogP contribution in [0.5, 0.6) is 0 Å². The first-order valence-electron chi connectivity index (χ1n) is 3.76. The van der Waals surface area contributed by atoms with E-state index in [1.54, 1.807) is 0 Å². The fourth-order valence-electron chi connectivity index (χ4n) is 0.974. The molecule has 1 unspecified atom stereocenters. The molecule has 0 aromatic heterocycles. The van der Waals surface area contributed by atoms with Gasteiger partial charge in [0, 0.05) is 0 Å². The lowest BCUT2D eigenvalue weighted by molar-refractivity contribution is -0.00000198. The standard InChI is InChI=1S/C9H13P.HI/c10-8-4-7-9-5-2-1-3-6-9;/h1-3,5-6H,4,7-8,10H2;1H. The maximum Gasteiger partial charge on any atom is 0.0529 e. The number of halogens is 1. The van der Waals surface area contributed by atoms with E-state index < -0.39 is 0 Å². The minimum atomic E-state index is 0. The molecule has 0 radical (unpaired) electrons. The number of hydrogen-bond acceptors (Lipinski definition) is 0. The summed E-state index contributed by atoms with van der Waals surface area (Å²) in [5.74, 6) is 0. The second-order valence-corrected chi connectivity index (χ2v) is 3.15. The molecule has 0 nitrogen and oxygen atoms in total. The number of benzene rings is 1. The lowest BCUT2D eigenvalue weighted by atomic mass is 10.1. The van der Waals surface area contributed by atoms with Crippen LogP contribution in [0.2, 0.25) is 0 Å². The molecule has 1 aromatic carbocycles. The van der Waals surface area contributed by atoms with Gasteiger partial charge in [-0.05, 0) is 27.6 Å². The van der Waals surface area contributed by atoms with E-state index in [0.29, 0.717) is 0 Å². The highest BCUT2D eigenvalue weighted by atomic mass is 127. The summed E-state index contributed by atoms with van der Waals surface area (Å²) in [6.07, 6.45) is 3.88. The van der Waals surface area contributed by atoms with Gasteiger partial charge in [-0.25, -0.2) is 0 Å². The van der Waals surface area contributed by atoms with Gasteiger partial charge in [0.15, 0.2) is 0 Å². The third kappa shape index (κ3) is 4.76. The Labute approximate surface area is 88.0 Å². The van der Waals surface area contributed by atoms with Crippen molar-refractivity contribution in [3.63, 3.8) is 0 Å². The molecular formula is C9H14IP. The van der Waals surface area contributed by atoms with Crippen LogP contribution in [0.4, 0.5) is 0 Å². The summed E-state index contributed by atoms with van der Waals surface area (Å²) < 4.78 is 0. The van der Waals surface area contributed by atoms with Gasteiger partial charge in [0.2, 0.25) is 0 Å². The van der Waals surface area contributed by atoms with E-state index in [0.717, 1.165) is 0 Å². The molecule has 1 aromatic rings. The zero-order chi connectivity index (χ0) is 7.23. The van der Waals surface area contributed by atoms with Gasteiger partial charge >= 0.3 is 0 Å². The second kappa shape index (κ2) is 7.05. The first-order chi connectivity index (χ1) is 4.93. The fourth-order valence-corrected chi connectivity index (χ4v) is 1.22. The summed E-state index contributed by atoms with van der Waals surface area (Å²) in [4.78, 5) is 0. The normalized spacial score (nSPS) is 9.09. The summed E-state index contributed by atoms with van der Waals surface area (Å²) in [6, 6.07) is 10.7. The van der Waals surface area contributed by atoms with Crippen molar-refractivity contribution in [2.45, 2.75) is 12.8 Å². The monoisotopic (exact) mass is 280 g/mol. The molecule has 1 rings (SSSR count). The van der Waals surface area contributed by atoms with Crippen molar-refractivity contribution in [3.05, 3.63) is 35.9 Å². The molecule has 1 atom stereocenters. The minimum Gasteiger partial charge on any atom is -1.00 e. The maximum atomic E-state index is 2.19. The summed E-state index contributed by atoms with van der Waals surface area (Å²) in [5.41, 5.74) is 1.47. The van der Waals surface area contributed by atoms with Gasteiger partial charge in [-0.15, -0.1) is 0 Å². The Bertz CT molecular complexity index is 174. The first kappa shape index (κ1) is 11.4. The predicted octanol–water partition coefficient (Wildman–Crippen LogP) is -0.769. The average Bonchev–Trinajstić information content (AvgIpc) is 2.03. The molecule has 0 heterocycles. The molecule has 0 amide bonds. The highest BCUT2D eigenvalue weighted by Crippen LogP contribution is 2.02. The van der Waals surface area contributed by atoms with Gasteiger partial charge in [0.05, 0.1) is 6.16 Å². The fraction of sp³-hybridized carbons (Fsp3) is 0.333. The van der Waals surface area contributed by atoms with Crippen LogP contribution in [0, 0.1) is 0 Å². The maximum absolute atomic E-state index is 2.19. The Morgan fingerprint density at radius 3 is 2.27 bits per heavy atom. The second-order valence-electron chi connectivity index (χ2n) is 2.44. The molecule has 0 saturated heterocycles. The van der Waals surface area contributed by atoms with E-state index in [1.165, 1.54) is 24.6 Å². The molecule has 0 spiro atoms. The molecule has 62 valence electrons. The Morgan fingerprint density at radius 1 is 1.09 bits per heavy atom. The van der Waals surface area contributed by atoms with Crippen molar-refractivity contribution in [1.29, 1.82) is 0 Å². The minimum absolute atomic E-state index is 0. The molecule has 0 bridgehead atoms. The van der Waals surface area contributed by atoms with Crippen LogP contribution in [-0.2, 0) is 6.42 Å². The number of rotatable bonds is 3. The third-order valence-corrected chi connectivity index (χ3v) is 2.06. The SMILES string of the molecule is [I-].[PH3+]CCCc1ccccc1. The topological polar surface area (TPSA) is 0 Å². The molecule has 0 aliphatic carbocycles. The van der Waals surface area contributed by atoms with Crippen LogP contribution >= 0.6 is 9.24 Å². The van der Waals surface area contributed by atoms with Crippen LogP contribution in [0.25, 0.3) is 0 Å². The number of aryl methyl sites for hydroxylation is 1. The van der Waals surface area contributed by atoms with Crippen LogP contribution < -0.4 is 24.0 Å². The lowest BCUT2D eigenvalue weighted by Gasteiger charge is -1.95. The van der Waals surface area contributed by atoms with Crippen LogP contribution in [0.1, 0.15) is 12.0 Å². The average molecular weight is 280 g/mol. The lowest BCUT2D eigenvalue weighted by Crippen LogP contribution is -3.00. The van der Waals surface area contributed by atoms with Crippen molar-refractivity contribution < 1.29 is 24.0 Å². The van der Waals surface area contributed by atoms with E-state index in [-0.39, 0.29) is 24.0 Å². The van der Waals surface area contributed by atoms with E-state index in [1.807, 2.05) is 0 Å². The van der Waals surface area contributed by atoms with Crippen molar-refractivity contribution in [2.75, 3.05) is 6.16 Å². The van der Waals surface area contributed by atoms with Gasteiger partial charge in [0.1, 0.15) is 0 Å². The van der Waals surface area contributed by atoms with Crippen LogP contribution in [0.3, 0.4) is 0 Å². The van der Waals surface area contributed by atoms with Crippen LogP contribution in [0.15, 0.2) is 30.3 Å². The van der Waals surface area contributed by atoms with E-state index in [9.17, 15) is 0 Å². The molecule has 0 aliphatic rings. The summed E-state index contributed by atoms with van der Waals surface area (Å²) in [7, 11) is 2.05. The molecule has 11 heavy (non-hydrogen) atoms. The Balaban J connectivity index is 0.000001000. The largest absolute Gasteiger partial charge is 1.00 e. The van der Waals surface area contributed by atoms with Crippen molar-refractivity contribution in [2.24, 2.45) is 0 Å². The van der Waals surface area contributed by atoms with Gasteiger partial charge < -0.3 is 24.0 Å². The molecule has 0 N–H and O–H groups in total. The Hall–Kier alpha value is 0.380. The zero-order valence-corrected chi connectivity index (χ0v) is 10.2. The molecular weight excluding hydrogens is 266 g/mol. The highest BCUT2D eigenvalue weighted by Gasteiger charge is 1.89. The van der Waals surface area contributed by atoms with Gasteiger partial charge in [-0.2, -0.15) is 0 Å². The van der Waals surface area contributed by atoms with Crippen molar-refractivity contribution >= 4 is 9.24 Å². The van der Waals surface area contributed by atoms with Gasteiger partial charge in [-0.3, -0.25) is 0 Å². The molecule has 0 fully saturated rings. The molecule has 0 saturated carbocycles. The van der Waals surface area contributed by atoms with Gasteiger partial charge in [0.25, 0.3) is 0 Å². The van der Waals surface area contributed by atoms with Crippen LogP contribution in [-0.4, -0.2) is 6.16 Å². The third-order valence-electron chi connectivity index (χ3n) is 1.56. The summed E-state index contributed by atoms with van der Waals surface area (Å²) in [5, 5.41) is 0. The smallest absolute Gasteiger partial charge is 0.0529 e. The Kier molecular flexibility index (Phi) is 7.30. The molecule has 0 aliphatic heterocycles. The predicted molar refractivity (Wildman–Crippen MR) is 50.7 cm³/mol. The van der Waals surface area contributed by atoms with E-state index in [4.69, 9.17) is 0 Å². The van der Waals surface area contributed by atoms with Gasteiger partial charge in [-0.1, -0.05) is 30.3 Å². The zero-order valence-electron chi connectivity index (χ0n) is 6.59. The van der Waals surface area contributed by atoms with E-state index >= 15 is 0 Å². The quantitative estimate of drug-likeness (QED) is 0.504. The summed E-state index contributed by atoms with van der Waals surface area (Å²) >= 11 is 0. The van der Waals surface area contributed by atoms with Crippen molar-refractivity contribution in [1.82, 2.24) is 0 Å². The number of hydrogen-bond donors (Lipinski definition) is 0.